The second-order valence-electron chi connectivity index (χ2n) is 4.29. The zero-order valence-corrected chi connectivity index (χ0v) is 11.5. The molecule has 0 saturated carbocycles. The summed E-state index contributed by atoms with van der Waals surface area (Å²) >= 11 is 0. The molecule has 2 aromatic rings. The van der Waals surface area contributed by atoms with Crippen LogP contribution in [-0.2, 0) is 4.74 Å². The first-order valence-electron chi connectivity index (χ1n) is 6.55. The molecule has 0 saturated heterocycles. The van der Waals surface area contributed by atoms with Gasteiger partial charge in [-0.25, -0.2) is 4.79 Å². The molecule has 0 aromatic heterocycles. The zero-order chi connectivity index (χ0) is 15.2. The summed E-state index contributed by atoms with van der Waals surface area (Å²) in [5.74, 6) is -1.97. The molecule has 0 bridgehead atoms. The molecule has 21 heavy (non-hydrogen) atoms. The van der Waals surface area contributed by atoms with E-state index in [1.165, 1.54) is 12.1 Å². The Kier molecular flexibility index (Phi) is 4.61. The second-order valence-corrected chi connectivity index (χ2v) is 4.29. The first kappa shape index (κ1) is 14.7. The summed E-state index contributed by atoms with van der Waals surface area (Å²) in [6.07, 6.45) is 0. The topological polar surface area (TPSA) is 60.4 Å². The normalized spacial score (nSPS) is 9.95. The second kappa shape index (κ2) is 6.61. The molecule has 0 atom stereocenters. The van der Waals surface area contributed by atoms with Gasteiger partial charge in [0.05, 0.1) is 12.2 Å². The Labute approximate surface area is 122 Å². The molecule has 106 valence electrons. The summed E-state index contributed by atoms with van der Waals surface area (Å²) in [4.78, 5) is 36.3. The predicted molar refractivity (Wildman–Crippen MR) is 77.5 cm³/mol. The molecular weight excluding hydrogens is 268 g/mol. The highest BCUT2D eigenvalue weighted by atomic mass is 16.5. The molecule has 0 aliphatic rings. The van der Waals surface area contributed by atoms with Gasteiger partial charge in [0.25, 0.3) is 0 Å². The maximum atomic E-state index is 12.3. The maximum Gasteiger partial charge on any atom is 0.338 e. The van der Waals surface area contributed by atoms with E-state index in [1.54, 1.807) is 49.4 Å². The summed E-state index contributed by atoms with van der Waals surface area (Å²) in [7, 11) is 0. The first-order valence-corrected chi connectivity index (χ1v) is 6.55. The number of rotatable bonds is 5. The van der Waals surface area contributed by atoms with Crippen molar-refractivity contribution in [3.8, 4) is 0 Å². The third kappa shape index (κ3) is 3.23. The molecule has 0 aliphatic carbocycles. The molecule has 0 heterocycles. The Bertz CT molecular complexity index is 674. The minimum Gasteiger partial charge on any atom is -0.462 e. The predicted octanol–water partition coefficient (Wildman–Crippen LogP) is 2.93. The maximum absolute atomic E-state index is 12.3. The van der Waals surface area contributed by atoms with Crippen molar-refractivity contribution in [2.24, 2.45) is 0 Å². The third-order valence-electron chi connectivity index (χ3n) is 2.91. The number of hydrogen-bond acceptors (Lipinski definition) is 4. The summed E-state index contributed by atoms with van der Waals surface area (Å²) in [5.41, 5.74) is 0.458. The average Bonchev–Trinajstić information content (AvgIpc) is 2.54. The summed E-state index contributed by atoms with van der Waals surface area (Å²) in [5, 5.41) is 0. The van der Waals surface area contributed by atoms with Crippen LogP contribution in [0.2, 0.25) is 0 Å². The van der Waals surface area contributed by atoms with E-state index < -0.39 is 17.5 Å². The van der Waals surface area contributed by atoms with Crippen LogP contribution in [0.4, 0.5) is 0 Å². The van der Waals surface area contributed by atoms with Gasteiger partial charge in [0, 0.05) is 11.1 Å². The Balaban J connectivity index is 2.36. The van der Waals surface area contributed by atoms with Crippen molar-refractivity contribution in [1.82, 2.24) is 0 Å². The average molecular weight is 282 g/mol. The third-order valence-corrected chi connectivity index (χ3v) is 2.91. The van der Waals surface area contributed by atoms with E-state index in [2.05, 4.69) is 0 Å². The van der Waals surface area contributed by atoms with E-state index in [4.69, 9.17) is 4.74 Å². The number of hydrogen-bond donors (Lipinski definition) is 0. The van der Waals surface area contributed by atoms with Gasteiger partial charge in [-0.2, -0.15) is 0 Å². The fourth-order valence-corrected chi connectivity index (χ4v) is 1.91. The van der Waals surface area contributed by atoms with Crippen molar-refractivity contribution >= 4 is 17.5 Å². The number of ether oxygens (including phenoxy) is 1. The van der Waals surface area contributed by atoms with Gasteiger partial charge in [0.2, 0.25) is 11.6 Å². The van der Waals surface area contributed by atoms with Crippen molar-refractivity contribution in [2.45, 2.75) is 6.92 Å². The highest BCUT2D eigenvalue weighted by Crippen LogP contribution is 2.14. The Morgan fingerprint density at radius 1 is 0.810 bits per heavy atom. The van der Waals surface area contributed by atoms with Crippen molar-refractivity contribution in [3.05, 3.63) is 71.3 Å². The van der Waals surface area contributed by atoms with Crippen LogP contribution in [0.25, 0.3) is 0 Å². The van der Waals surface area contributed by atoms with E-state index in [9.17, 15) is 14.4 Å². The smallest absolute Gasteiger partial charge is 0.338 e. The lowest BCUT2D eigenvalue weighted by Gasteiger charge is -2.07. The number of Topliss-reactive ketones (excluding diaryl/α,β-unsaturated/α-hetero) is 2. The summed E-state index contributed by atoms with van der Waals surface area (Å²) < 4.78 is 4.90. The minimum atomic E-state index is -0.718. The monoisotopic (exact) mass is 282 g/mol. The first-order chi connectivity index (χ1) is 10.1. The quantitative estimate of drug-likeness (QED) is 0.480. The highest BCUT2D eigenvalue weighted by Gasteiger charge is 2.23. The van der Waals surface area contributed by atoms with E-state index in [1.807, 2.05) is 0 Å². The van der Waals surface area contributed by atoms with E-state index >= 15 is 0 Å². The molecule has 0 aliphatic heterocycles. The van der Waals surface area contributed by atoms with Gasteiger partial charge in [-0.05, 0) is 13.0 Å². The van der Waals surface area contributed by atoms with Crippen molar-refractivity contribution in [3.63, 3.8) is 0 Å². The standard InChI is InChI=1S/C17H14O4/c1-2-21-17(20)14-11-7-6-10-13(14)16(19)15(18)12-8-4-3-5-9-12/h3-11H,2H2,1H3. The van der Waals surface area contributed by atoms with Crippen LogP contribution < -0.4 is 0 Å². The molecule has 0 unspecified atom stereocenters. The highest BCUT2D eigenvalue weighted by molar-refractivity contribution is 6.50. The van der Waals surface area contributed by atoms with E-state index in [0.29, 0.717) is 5.56 Å². The number of ketones is 2. The van der Waals surface area contributed by atoms with Gasteiger partial charge >= 0.3 is 5.97 Å². The van der Waals surface area contributed by atoms with Gasteiger partial charge in [-0.3, -0.25) is 9.59 Å². The molecule has 0 radical (unpaired) electrons. The van der Waals surface area contributed by atoms with Crippen molar-refractivity contribution < 1.29 is 19.1 Å². The van der Waals surface area contributed by atoms with Crippen LogP contribution in [0.5, 0.6) is 0 Å². The van der Waals surface area contributed by atoms with Gasteiger partial charge in [0.15, 0.2) is 0 Å². The van der Waals surface area contributed by atoms with Crippen LogP contribution in [0.1, 0.15) is 38.0 Å². The van der Waals surface area contributed by atoms with Crippen molar-refractivity contribution in [1.29, 1.82) is 0 Å². The van der Waals surface area contributed by atoms with Gasteiger partial charge in [0.1, 0.15) is 0 Å². The molecule has 0 spiro atoms. The fourth-order valence-electron chi connectivity index (χ4n) is 1.91. The van der Waals surface area contributed by atoms with Crippen LogP contribution in [-0.4, -0.2) is 24.1 Å². The molecule has 0 N–H and O–H groups in total. The van der Waals surface area contributed by atoms with E-state index in [0.717, 1.165) is 0 Å². The van der Waals surface area contributed by atoms with Gasteiger partial charge < -0.3 is 4.74 Å². The Hall–Kier alpha value is -2.75. The van der Waals surface area contributed by atoms with Crippen molar-refractivity contribution in [2.75, 3.05) is 6.61 Å². The molecule has 2 aromatic carbocycles. The summed E-state index contributed by atoms with van der Waals surface area (Å²) in [6.45, 7) is 1.88. The molecule has 2 rings (SSSR count). The van der Waals surface area contributed by atoms with Gasteiger partial charge in [-0.1, -0.05) is 48.5 Å². The molecule has 0 fully saturated rings. The zero-order valence-electron chi connectivity index (χ0n) is 11.5. The SMILES string of the molecule is CCOC(=O)c1ccccc1C(=O)C(=O)c1ccccc1. The summed E-state index contributed by atoms with van der Waals surface area (Å²) in [6, 6.07) is 14.4. The lowest BCUT2D eigenvalue weighted by molar-refractivity contribution is 0.0523. The lowest BCUT2D eigenvalue weighted by atomic mass is 9.97. The molecule has 0 amide bonds. The van der Waals surface area contributed by atoms with Crippen LogP contribution in [0.3, 0.4) is 0 Å². The molecular formula is C17H14O4. The fraction of sp³-hybridized carbons (Fsp3) is 0.118. The Morgan fingerprint density at radius 3 is 2.00 bits per heavy atom. The van der Waals surface area contributed by atoms with E-state index in [-0.39, 0.29) is 17.7 Å². The van der Waals surface area contributed by atoms with Gasteiger partial charge in [-0.15, -0.1) is 0 Å². The number of carbonyl (C=O) groups is 3. The largest absolute Gasteiger partial charge is 0.462 e. The van der Waals surface area contributed by atoms with Crippen LogP contribution in [0.15, 0.2) is 54.6 Å². The number of carbonyl (C=O) groups excluding carboxylic acids is 3. The Morgan fingerprint density at radius 2 is 1.38 bits per heavy atom. The number of benzene rings is 2. The molecule has 4 nitrogen and oxygen atoms in total. The lowest BCUT2D eigenvalue weighted by Crippen LogP contribution is -2.19. The molecule has 4 heteroatoms. The minimum absolute atomic E-state index is 0.0600. The van der Waals surface area contributed by atoms with Crippen LogP contribution in [0, 0.1) is 0 Å². The van der Waals surface area contributed by atoms with Crippen LogP contribution >= 0.6 is 0 Å². The number of esters is 1.